The number of fused-ring (bicyclic) bond motifs is 1. The van der Waals surface area contributed by atoms with Crippen LogP contribution in [0.1, 0.15) is 47.2 Å². The third-order valence-electron chi connectivity index (χ3n) is 7.35. The fourth-order valence-corrected chi connectivity index (χ4v) is 5.37. The van der Waals surface area contributed by atoms with E-state index in [0.717, 1.165) is 41.7 Å². The fraction of sp³-hybridized carbons (Fsp3) is 0.276. The molecule has 10 heteroatoms. The summed E-state index contributed by atoms with van der Waals surface area (Å²) in [7, 11) is 1.35. The van der Waals surface area contributed by atoms with Gasteiger partial charge in [-0.2, -0.15) is 13.2 Å². The molecule has 0 bridgehead atoms. The van der Waals surface area contributed by atoms with Gasteiger partial charge in [0.05, 0.1) is 12.7 Å². The Hall–Kier alpha value is -4.34. The van der Waals surface area contributed by atoms with Gasteiger partial charge in [-0.1, -0.05) is 43.2 Å². The van der Waals surface area contributed by atoms with Gasteiger partial charge in [0.25, 0.3) is 5.91 Å². The molecule has 0 unspecified atom stereocenters. The van der Waals surface area contributed by atoms with E-state index in [1.165, 1.54) is 19.2 Å². The molecule has 1 aliphatic heterocycles. The highest BCUT2D eigenvalue weighted by atomic mass is 19.4. The van der Waals surface area contributed by atoms with Crippen molar-refractivity contribution in [2.75, 3.05) is 17.7 Å². The number of esters is 1. The summed E-state index contributed by atoms with van der Waals surface area (Å²) in [4.78, 5) is 40.0. The van der Waals surface area contributed by atoms with E-state index in [9.17, 15) is 27.6 Å². The second-order valence-corrected chi connectivity index (χ2v) is 9.73. The maximum absolute atomic E-state index is 13.4. The standard InChI is InChI=1S/C29H26F3N3O4/c1-39-26(37)28(13-2-3-14-28)35-17-20-8-7-19(15-24(20)25(35)36)18-9-11-22(12-10-18)33-27(38)34-23-6-4-5-21(16-23)29(30,31)32/h4-12,15-16H,2-3,13-14,17H2,1H3,(H2,33,34,38). The lowest BCUT2D eigenvalue weighted by molar-refractivity contribution is -0.153. The molecule has 3 aromatic carbocycles. The van der Waals surface area contributed by atoms with Crippen LogP contribution in [0.25, 0.3) is 11.1 Å². The topological polar surface area (TPSA) is 87.7 Å². The smallest absolute Gasteiger partial charge is 0.416 e. The van der Waals surface area contributed by atoms with Crippen molar-refractivity contribution in [1.29, 1.82) is 0 Å². The Kier molecular flexibility index (Phi) is 6.80. The number of urea groups is 1. The van der Waals surface area contributed by atoms with Gasteiger partial charge < -0.3 is 20.3 Å². The normalized spacial score (nSPS) is 16.1. The highest BCUT2D eigenvalue weighted by molar-refractivity contribution is 6.03. The average molecular weight is 538 g/mol. The number of carbonyl (C=O) groups is 3. The Morgan fingerprint density at radius 2 is 1.56 bits per heavy atom. The molecule has 39 heavy (non-hydrogen) atoms. The SMILES string of the molecule is COC(=O)C1(N2Cc3ccc(-c4ccc(NC(=O)Nc5cccc(C(F)(F)F)c5)cc4)cc3C2=O)CCCC1. The molecule has 1 fully saturated rings. The number of benzene rings is 3. The molecule has 3 amide bonds. The molecule has 2 N–H and O–H groups in total. The predicted molar refractivity (Wildman–Crippen MR) is 139 cm³/mol. The van der Waals surface area contributed by atoms with E-state index in [0.29, 0.717) is 30.6 Å². The second-order valence-electron chi connectivity index (χ2n) is 9.73. The summed E-state index contributed by atoms with van der Waals surface area (Å²) in [5.41, 5.74) is 1.67. The van der Waals surface area contributed by atoms with E-state index in [1.54, 1.807) is 35.2 Å². The molecule has 1 saturated carbocycles. The van der Waals surface area contributed by atoms with Gasteiger partial charge in [-0.3, -0.25) is 4.79 Å². The van der Waals surface area contributed by atoms with Crippen LogP contribution in [0.3, 0.4) is 0 Å². The van der Waals surface area contributed by atoms with Gasteiger partial charge in [-0.05, 0) is 65.9 Å². The third kappa shape index (κ3) is 5.06. The van der Waals surface area contributed by atoms with Gasteiger partial charge in [0, 0.05) is 23.5 Å². The van der Waals surface area contributed by atoms with Crippen molar-refractivity contribution in [3.8, 4) is 11.1 Å². The molecular weight excluding hydrogens is 511 g/mol. The molecule has 0 spiro atoms. The van der Waals surface area contributed by atoms with Crippen molar-refractivity contribution >= 4 is 29.3 Å². The number of carbonyl (C=O) groups excluding carboxylic acids is 3. The van der Waals surface area contributed by atoms with E-state index < -0.39 is 23.3 Å². The van der Waals surface area contributed by atoms with Crippen molar-refractivity contribution in [2.45, 2.75) is 43.9 Å². The summed E-state index contributed by atoms with van der Waals surface area (Å²) in [6, 6.07) is 16.1. The first-order valence-corrected chi connectivity index (χ1v) is 12.5. The minimum atomic E-state index is -4.51. The van der Waals surface area contributed by atoms with Crippen LogP contribution in [0.2, 0.25) is 0 Å². The first-order valence-electron chi connectivity index (χ1n) is 12.5. The molecule has 5 rings (SSSR count). The minimum Gasteiger partial charge on any atom is -0.467 e. The molecule has 0 radical (unpaired) electrons. The maximum atomic E-state index is 13.4. The van der Waals surface area contributed by atoms with Crippen molar-refractivity contribution < 1.29 is 32.3 Å². The van der Waals surface area contributed by atoms with E-state index in [-0.39, 0.29) is 17.6 Å². The maximum Gasteiger partial charge on any atom is 0.416 e. The Morgan fingerprint density at radius 1 is 0.897 bits per heavy atom. The van der Waals surface area contributed by atoms with Crippen molar-refractivity contribution in [1.82, 2.24) is 4.90 Å². The molecule has 202 valence electrons. The number of anilines is 2. The number of rotatable bonds is 5. The largest absolute Gasteiger partial charge is 0.467 e. The number of nitrogens with zero attached hydrogens (tertiary/aromatic N) is 1. The number of hydrogen-bond donors (Lipinski definition) is 2. The summed E-state index contributed by atoms with van der Waals surface area (Å²) in [5.74, 6) is -0.565. The number of methoxy groups -OCH3 is 1. The molecule has 0 aromatic heterocycles. The van der Waals surface area contributed by atoms with Crippen LogP contribution in [-0.4, -0.2) is 35.5 Å². The highest BCUT2D eigenvalue weighted by Crippen LogP contribution is 2.42. The number of nitrogens with one attached hydrogen (secondary N) is 2. The summed E-state index contributed by atoms with van der Waals surface area (Å²) < 4.78 is 43.8. The van der Waals surface area contributed by atoms with Crippen molar-refractivity contribution in [3.63, 3.8) is 0 Å². The monoisotopic (exact) mass is 537 g/mol. The van der Waals surface area contributed by atoms with Crippen LogP contribution in [-0.2, 0) is 22.3 Å². The van der Waals surface area contributed by atoms with Gasteiger partial charge >= 0.3 is 18.2 Å². The molecule has 2 aliphatic rings. The van der Waals surface area contributed by atoms with Gasteiger partial charge in [0.2, 0.25) is 0 Å². The molecule has 0 saturated heterocycles. The van der Waals surface area contributed by atoms with E-state index >= 15 is 0 Å². The lowest BCUT2D eigenvalue weighted by Gasteiger charge is -2.35. The van der Waals surface area contributed by atoms with Gasteiger partial charge in [0.1, 0.15) is 5.54 Å². The molecule has 3 aromatic rings. The molecule has 0 atom stereocenters. The number of halogens is 3. The average Bonchev–Trinajstić information content (AvgIpc) is 3.54. The number of ether oxygens (including phenoxy) is 1. The molecular formula is C29H26F3N3O4. The first kappa shape index (κ1) is 26.3. The van der Waals surface area contributed by atoms with Crippen LogP contribution >= 0.6 is 0 Å². The zero-order valence-electron chi connectivity index (χ0n) is 21.1. The zero-order chi connectivity index (χ0) is 27.8. The fourth-order valence-electron chi connectivity index (χ4n) is 5.37. The Labute approximate surface area is 223 Å². The molecule has 1 aliphatic carbocycles. The number of alkyl halides is 3. The molecule has 7 nitrogen and oxygen atoms in total. The zero-order valence-corrected chi connectivity index (χ0v) is 21.1. The summed E-state index contributed by atoms with van der Waals surface area (Å²) in [5, 5.41) is 5.00. The molecule has 1 heterocycles. The van der Waals surface area contributed by atoms with E-state index in [4.69, 9.17) is 4.74 Å². The highest BCUT2D eigenvalue weighted by Gasteiger charge is 2.51. The number of hydrogen-bond acceptors (Lipinski definition) is 4. The summed E-state index contributed by atoms with van der Waals surface area (Å²) in [6.07, 6.45) is -1.62. The lowest BCUT2D eigenvalue weighted by Crippen LogP contribution is -2.53. The Balaban J connectivity index is 1.28. The Morgan fingerprint density at radius 3 is 2.23 bits per heavy atom. The third-order valence-corrected chi connectivity index (χ3v) is 7.35. The van der Waals surface area contributed by atoms with Gasteiger partial charge in [-0.15, -0.1) is 0 Å². The van der Waals surface area contributed by atoms with Crippen LogP contribution in [0.4, 0.5) is 29.3 Å². The van der Waals surface area contributed by atoms with Gasteiger partial charge in [0.15, 0.2) is 0 Å². The summed E-state index contributed by atoms with van der Waals surface area (Å²) in [6.45, 7) is 0.355. The lowest BCUT2D eigenvalue weighted by atomic mass is 9.95. The van der Waals surface area contributed by atoms with Crippen LogP contribution < -0.4 is 10.6 Å². The Bertz CT molecular complexity index is 1430. The van der Waals surface area contributed by atoms with Crippen molar-refractivity contribution in [3.05, 3.63) is 83.4 Å². The second kappa shape index (κ2) is 10.1. The van der Waals surface area contributed by atoms with Crippen molar-refractivity contribution in [2.24, 2.45) is 0 Å². The van der Waals surface area contributed by atoms with Crippen LogP contribution in [0, 0.1) is 0 Å². The van der Waals surface area contributed by atoms with E-state index in [1.807, 2.05) is 12.1 Å². The number of amides is 3. The first-order chi connectivity index (χ1) is 18.6. The quantitative estimate of drug-likeness (QED) is 0.366. The predicted octanol–water partition coefficient (Wildman–Crippen LogP) is 6.46. The minimum absolute atomic E-state index is 0.0161. The van der Waals surface area contributed by atoms with Gasteiger partial charge in [-0.25, -0.2) is 9.59 Å². The van der Waals surface area contributed by atoms with Crippen LogP contribution in [0.15, 0.2) is 66.7 Å². The summed E-state index contributed by atoms with van der Waals surface area (Å²) >= 11 is 0. The van der Waals surface area contributed by atoms with Crippen LogP contribution in [0.5, 0.6) is 0 Å². The van der Waals surface area contributed by atoms with E-state index in [2.05, 4.69) is 10.6 Å².